The Bertz CT molecular complexity index is 194. The molecule has 1 atom stereocenters. The zero-order valence-electron chi connectivity index (χ0n) is 12.5. The van der Waals surface area contributed by atoms with E-state index in [2.05, 4.69) is 45.4 Å². The molecule has 0 heterocycles. The van der Waals surface area contributed by atoms with Crippen LogP contribution in [-0.4, -0.2) is 29.5 Å². The van der Waals surface area contributed by atoms with E-state index in [-0.39, 0.29) is 0 Å². The summed E-state index contributed by atoms with van der Waals surface area (Å²) in [4.78, 5) is 0. The standard InChI is InChI=1S/C11H23N2OP.C2H6/c1-6-15(14-9-7-8-12)13(10(2)3)11(4)5;1-2/h10-11H,6-7,9H2,1-5H3;1-2H3. The fourth-order valence-corrected chi connectivity index (χ4v) is 3.60. The Morgan fingerprint density at radius 2 is 1.65 bits per heavy atom. The van der Waals surface area contributed by atoms with Gasteiger partial charge >= 0.3 is 0 Å². The second kappa shape index (κ2) is 12.3. The van der Waals surface area contributed by atoms with E-state index in [0.717, 1.165) is 6.16 Å². The Balaban J connectivity index is 0. The van der Waals surface area contributed by atoms with E-state index in [4.69, 9.17) is 9.79 Å². The second-order valence-corrected chi connectivity index (χ2v) is 6.03. The minimum Gasteiger partial charge on any atom is -0.342 e. The van der Waals surface area contributed by atoms with E-state index in [0.29, 0.717) is 25.1 Å². The van der Waals surface area contributed by atoms with Crippen LogP contribution in [0.2, 0.25) is 0 Å². The smallest absolute Gasteiger partial charge is 0.104 e. The lowest BCUT2D eigenvalue weighted by atomic mass is 10.3. The number of nitriles is 1. The van der Waals surface area contributed by atoms with Crippen molar-refractivity contribution in [3.63, 3.8) is 0 Å². The zero-order valence-corrected chi connectivity index (χ0v) is 13.4. The summed E-state index contributed by atoms with van der Waals surface area (Å²) >= 11 is 0. The topological polar surface area (TPSA) is 36.3 Å². The van der Waals surface area contributed by atoms with Crippen molar-refractivity contribution in [2.75, 3.05) is 12.8 Å². The Labute approximate surface area is 109 Å². The Kier molecular flexibility index (Phi) is 13.9. The minimum atomic E-state index is -0.530. The first-order valence-electron chi connectivity index (χ1n) is 6.60. The van der Waals surface area contributed by atoms with Gasteiger partial charge in [-0.3, -0.25) is 4.67 Å². The Morgan fingerprint density at radius 1 is 1.18 bits per heavy atom. The molecule has 0 radical (unpaired) electrons. The molecule has 0 fully saturated rings. The molecule has 0 amide bonds. The molecule has 0 aliphatic carbocycles. The quantitative estimate of drug-likeness (QED) is 0.503. The van der Waals surface area contributed by atoms with Crippen LogP contribution in [-0.2, 0) is 4.52 Å². The van der Waals surface area contributed by atoms with E-state index in [1.54, 1.807) is 0 Å². The average Bonchev–Trinajstić information content (AvgIpc) is 2.29. The summed E-state index contributed by atoms with van der Waals surface area (Å²) in [5.74, 6) is 0. The summed E-state index contributed by atoms with van der Waals surface area (Å²) in [5.41, 5.74) is 0. The fourth-order valence-electron chi connectivity index (χ4n) is 1.63. The summed E-state index contributed by atoms with van der Waals surface area (Å²) in [7, 11) is -0.530. The average molecular weight is 260 g/mol. The molecule has 0 aromatic carbocycles. The third-order valence-corrected chi connectivity index (χ3v) is 4.50. The van der Waals surface area contributed by atoms with Crippen LogP contribution >= 0.6 is 8.30 Å². The third kappa shape index (κ3) is 8.55. The third-order valence-electron chi connectivity index (χ3n) is 2.04. The fraction of sp³-hybridized carbons (Fsp3) is 0.923. The van der Waals surface area contributed by atoms with E-state index in [1.807, 2.05) is 13.8 Å². The largest absolute Gasteiger partial charge is 0.342 e. The van der Waals surface area contributed by atoms with Crippen LogP contribution in [0, 0.1) is 11.3 Å². The molecule has 0 aromatic heterocycles. The van der Waals surface area contributed by atoms with Crippen LogP contribution in [0.1, 0.15) is 54.9 Å². The molecule has 0 spiro atoms. The van der Waals surface area contributed by atoms with Gasteiger partial charge in [0.1, 0.15) is 8.30 Å². The lowest BCUT2D eigenvalue weighted by molar-refractivity contribution is 0.257. The minimum absolute atomic E-state index is 0.489. The van der Waals surface area contributed by atoms with Gasteiger partial charge in [-0.15, -0.1) is 0 Å². The first kappa shape index (κ1) is 19.2. The van der Waals surface area contributed by atoms with Crippen molar-refractivity contribution >= 4 is 8.30 Å². The van der Waals surface area contributed by atoms with Crippen molar-refractivity contribution < 1.29 is 4.52 Å². The predicted molar refractivity (Wildman–Crippen MR) is 77.1 cm³/mol. The predicted octanol–water partition coefficient (Wildman–Crippen LogP) is 4.39. The molecule has 102 valence electrons. The number of hydrogen-bond acceptors (Lipinski definition) is 3. The van der Waals surface area contributed by atoms with Crippen LogP contribution in [0.15, 0.2) is 0 Å². The highest BCUT2D eigenvalue weighted by molar-refractivity contribution is 7.50. The summed E-state index contributed by atoms with van der Waals surface area (Å²) in [6.07, 6.45) is 1.51. The summed E-state index contributed by atoms with van der Waals surface area (Å²) in [6, 6.07) is 3.11. The molecular weight excluding hydrogens is 231 g/mol. The van der Waals surface area contributed by atoms with Crippen molar-refractivity contribution in [3.05, 3.63) is 0 Å². The van der Waals surface area contributed by atoms with Crippen LogP contribution < -0.4 is 0 Å². The van der Waals surface area contributed by atoms with Crippen LogP contribution in [0.3, 0.4) is 0 Å². The van der Waals surface area contributed by atoms with Crippen molar-refractivity contribution in [3.8, 4) is 6.07 Å². The molecule has 1 unspecified atom stereocenters. The first-order valence-corrected chi connectivity index (χ1v) is 8.00. The van der Waals surface area contributed by atoms with Gasteiger partial charge < -0.3 is 4.52 Å². The van der Waals surface area contributed by atoms with Crippen LogP contribution in [0.4, 0.5) is 0 Å². The van der Waals surface area contributed by atoms with E-state index in [1.165, 1.54) is 0 Å². The van der Waals surface area contributed by atoms with Crippen LogP contribution in [0.25, 0.3) is 0 Å². The van der Waals surface area contributed by atoms with E-state index >= 15 is 0 Å². The number of nitrogens with zero attached hydrogens (tertiary/aromatic N) is 2. The highest BCUT2D eigenvalue weighted by atomic mass is 31.2. The van der Waals surface area contributed by atoms with Crippen LogP contribution in [0.5, 0.6) is 0 Å². The van der Waals surface area contributed by atoms with E-state index < -0.39 is 8.30 Å². The number of hydrogen-bond donors (Lipinski definition) is 0. The molecule has 0 N–H and O–H groups in total. The van der Waals surface area contributed by atoms with E-state index in [9.17, 15) is 0 Å². The van der Waals surface area contributed by atoms with Gasteiger partial charge in [0.05, 0.1) is 19.1 Å². The van der Waals surface area contributed by atoms with Gasteiger partial charge in [0, 0.05) is 18.2 Å². The maximum Gasteiger partial charge on any atom is 0.104 e. The van der Waals surface area contributed by atoms with Gasteiger partial charge in [-0.25, -0.2) is 0 Å². The summed E-state index contributed by atoms with van der Waals surface area (Å²) < 4.78 is 8.19. The van der Waals surface area contributed by atoms with Crippen molar-refractivity contribution in [2.24, 2.45) is 0 Å². The van der Waals surface area contributed by atoms with Gasteiger partial charge in [-0.2, -0.15) is 5.26 Å². The Hall–Kier alpha value is -0.160. The summed E-state index contributed by atoms with van der Waals surface area (Å²) in [5, 5.41) is 8.47. The van der Waals surface area contributed by atoms with Gasteiger partial charge in [-0.1, -0.05) is 20.8 Å². The SMILES string of the molecule is CC.CCP(OCCC#N)N(C(C)C)C(C)C. The molecular formula is C13H29N2OP. The molecule has 0 aliphatic heterocycles. The van der Waals surface area contributed by atoms with Gasteiger partial charge in [0.15, 0.2) is 0 Å². The lowest BCUT2D eigenvalue weighted by Crippen LogP contribution is -2.33. The molecule has 0 bridgehead atoms. The maximum absolute atomic E-state index is 8.47. The summed E-state index contributed by atoms with van der Waals surface area (Å²) in [6.45, 7) is 15.5. The Morgan fingerprint density at radius 3 is 1.94 bits per heavy atom. The normalized spacial score (nSPS) is 12.3. The molecule has 17 heavy (non-hydrogen) atoms. The maximum atomic E-state index is 8.47. The molecule has 3 nitrogen and oxygen atoms in total. The highest BCUT2D eigenvalue weighted by Gasteiger charge is 2.23. The molecule has 0 saturated carbocycles. The second-order valence-electron chi connectivity index (χ2n) is 3.98. The number of rotatable bonds is 7. The molecule has 0 saturated heterocycles. The van der Waals surface area contributed by atoms with Crippen molar-refractivity contribution in [1.29, 1.82) is 5.26 Å². The molecule has 4 heteroatoms. The molecule has 0 aromatic rings. The van der Waals surface area contributed by atoms with Crippen molar-refractivity contribution in [1.82, 2.24) is 4.67 Å². The van der Waals surface area contributed by atoms with Gasteiger partial charge in [-0.05, 0) is 27.7 Å². The van der Waals surface area contributed by atoms with Gasteiger partial charge in [0.2, 0.25) is 0 Å². The zero-order chi connectivity index (χ0) is 13.8. The molecule has 0 rings (SSSR count). The van der Waals surface area contributed by atoms with Gasteiger partial charge in [0.25, 0.3) is 0 Å². The first-order chi connectivity index (χ1) is 8.04. The van der Waals surface area contributed by atoms with Crippen molar-refractivity contribution in [2.45, 2.75) is 67.0 Å². The highest BCUT2D eigenvalue weighted by Crippen LogP contribution is 2.44. The lowest BCUT2D eigenvalue weighted by Gasteiger charge is -2.36. The monoisotopic (exact) mass is 260 g/mol. The molecule has 0 aliphatic rings.